The van der Waals surface area contributed by atoms with E-state index >= 15 is 0 Å². The van der Waals surface area contributed by atoms with E-state index in [1.165, 1.54) is 24.0 Å². The second kappa shape index (κ2) is 6.02. The number of nitrogens with zero attached hydrogens (tertiary/aromatic N) is 2. The summed E-state index contributed by atoms with van der Waals surface area (Å²) in [6, 6.07) is 9.87. The molecule has 0 aliphatic heterocycles. The minimum absolute atomic E-state index is 1.10. The van der Waals surface area contributed by atoms with Crippen LogP contribution in [-0.4, -0.2) is 23.0 Å². The van der Waals surface area contributed by atoms with Gasteiger partial charge in [0.15, 0.2) is 0 Å². The van der Waals surface area contributed by atoms with E-state index in [9.17, 15) is 0 Å². The van der Waals surface area contributed by atoms with Crippen molar-refractivity contribution in [2.24, 2.45) is 9.55 Å². The molecule has 66 valence electrons. The van der Waals surface area contributed by atoms with Crippen molar-refractivity contribution in [3.8, 4) is 0 Å². The molecule has 0 saturated carbocycles. The molecule has 0 aromatic heterocycles. The first-order chi connectivity index (χ1) is 6.43. The van der Waals surface area contributed by atoms with Gasteiger partial charge < -0.3 is 5.21 Å². The zero-order valence-corrected chi connectivity index (χ0v) is 7.69. The van der Waals surface area contributed by atoms with Gasteiger partial charge in [-0.15, -0.1) is 0 Å². The third-order valence-electron chi connectivity index (χ3n) is 1.24. The van der Waals surface area contributed by atoms with Crippen LogP contribution in [0.3, 0.4) is 0 Å². The predicted octanol–water partition coefficient (Wildman–Crippen LogP) is 1.37. The molecule has 0 heterocycles. The molecule has 0 fully saturated rings. The maximum absolute atomic E-state index is 8.04. The highest BCUT2D eigenvalue weighted by molar-refractivity contribution is 7.76. The average molecular weight is 193 g/mol. The molecule has 1 N–H and O–H groups in total. The van der Waals surface area contributed by atoms with Crippen LogP contribution in [0.5, 0.6) is 0 Å². The summed E-state index contributed by atoms with van der Waals surface area (Å²) in [7, 11) is 0. The Balaban J connectivity index is 2.50. The molecule has 0 aliphatic rings. The zero-order chi connectivity index (χ0) is 9.36. The molecule has 0 radical (unpaired) electrons. The van der Waals surface area contributed by atoms with Gasteiger partial charge in [0.1, 0.15) is 6.21 Å². The van der Waals surface area contributed by atoms with Gasteiger partial charge in [0, 0.05) is 9.96 Å². The Kier molecular flexibility index (Phi) is 4.42. The molecule has 0 saturated heterocycles. The van der Waals surface area contributed by atoms with Gasteiger partial charge in [-0.3, -0.25) is 0 Å². The first-order valence-electron chi connectivity index (χ1n) is 3.67. The highest BCUT2D eigenvalue weighted by Gasteiger charge is 1.90. The van der Waals surface area contributed by atoms with E-state index in [0.29, 0.717) is 0 Å². The maximum Gasteiger partial charge on any atom is 0.354 e. The Morgan fingerprint density at radius 1 is 1.15 bits per heavy atom. The van der Waals surface area contributed by atoms with E-state index in [2.05, 4.69) is 9.55 Å². The van der Waals surface area contributed by atoms with Crippen LogP contribution in [0.1, 0.15) is 5.56 Å². The van der Waals surface area contributed by atoms with Crippen molar-refractivity contribution in [2.45, 2.75) is 0 Å². The van der Waals surface area contributed by atoms with Crippen LogP contribution in [0.2, 0.25) is 0 Å². The zero-order valence-electron chi connectivity index (χ0n) is 6.87. The predicted molar refractivity (Wildman–Crippen MR) is 57.7 cm³/mol. The van der Waals surface area contributed by atoms with Crippen molar-refractivity contribution in [1.82, 2.24) is 0 Å². The summed E-state index contributed by atoms with van der Waals surface area (Å²) in [5, 5.41) is 12.7. The monoisotopic (exact) mass is 193 g/mol. The molecular weight excluding hydrogens is 184 g/mol. The van der Waals surface area contributed by atoms with Crippen molar-refractivity contribution >= 4 is 29.3 Å². The van der Waals surface area contributed by atoms with Gasteiger partial charge in [-0.1, -0.05) is 23.4 Å². The summed E-state index contributed by atoms with van der Waals surface area (Å²) in [4.78, 5) is 0. The molecular formula is C9H9N2OS+. The Bertz CT molecular complexity index is 320. The minimum atomic E-state index is 1.10. The van der Waals surface area contributed by atoms with Gasteiger partial charge in [-0.2, -0.15) is 0 Å². The van der Waals surface area contributed by atoms with Gasteiger partial charge in [-0.25, -0.2) is 0 Å². The largest absolute Gasteiger partial charge is 0.411 e. The fourth-order valence-electron chi connectivity index (χ4n) is 0.715. The lowest BCUT2D eigenvalue weighted by molar-refractivity contribution is 0.322. The molecule has 1 aromatic carbocycles. The molecule has 4 heteroatoms. The van der Waals surface area contributed by atoms with Crippen LogP contribution in [0.4, 0.5) is 0 Å². The Morgan fingerprint density at radius 2 is 1.92 bits per heavy atom. The van der Waals surface area contributed by atoms with E-state index in [-0.39, 0.29) is 0 Å². The molecule has 1 rings (SSSR count). The van der Waals surface area contributed by atoms with E-state index in [4.69, 9.17) is 5.21 Å². The number of hydrogen-bond donors (Lipinski definition) is 1. The highest BCUT2D eigenvalue weighted by Crippen LogP contribution is 1.92. The van der Waals surface area contributed by atoms with E-state index in [0.717, 1.165) is 5.56 Å². The average Bonchev–Trinajstić information content (AvgIpc) is 2.19. The summed E-state index contributed by atoms with van der Waals surface area (Å²) < 4.78 is 3.88. The lowest BCUT2D eigenvalue weighted by atomic mass is 10.2. The first-order valence-corrected chi connectivity index (χ1v) is 4.50. The van der Waals surface area contributed by atoms with Crippen LogP contribution >= 0.6 is 0 Å². The van der Waals surface area contributed by atoms with Crippen LogP contribution in [0.15, 0.2) is 39.9 Å². The summed E-state index contributed by atoms with van der Waals surface area (Å²) in [6.07, 6.45) is 2.63. The van der Waals surface area contributed by atoms with Crippen molar-refractivity contribution in [1.29, 1.82) is 0 Å². The van der Waals surface area contributed by atoms with E-state index in [1.54, 1.807) is 0 Å². The standard InChI is InChI=1S/C9H8N2OS/c12-10-6-7-11-13-8-9-4-2-1-3-5-9/h1-8H/p+1. The lowest BCUT2D eigenvalue weighted by Gasteiger charge is -1.80. The number of oxime groups is 1. The molecule has 3 nitrogen and oxygen atoms in total. The maximum atomic E-state index is 8.04. The van der Waals surface area contributed by atoms with Gasteiger partial charge >= 0.3 is 11.5 Å². The number of hydrogen-bond acceptors (Lipinski definition) is 3. The van der Waals surface area contributed by atoms with Crippen molar-refractivity contribution in [3.05, 3.63) is 35.9 Å². The third kappa shape index (κ3) is 4.12. The van der Waals surface area contributed by atoms with Crippen LogP contribution < -0.4 is 0 Å². The normalized spacial score (nSPS) is 12.0. The number of rotatable bonds is 3. The topological polar surface area (TPSA) is 45.0 Å². The first kappa shape index (κ1) is 9.54. The smallest absolute Gasteiger partial charge is 0.354 e. The van der Waals surface area contributed by atoms with Gasteiger partial charge in [0.2, 0.25) is 5.37 Å². The molecule has 0 spiro atoms. The van der Waals surface area contributed by atoms with Crippen molar-refractivity contribution in [2.75, 3.05) is 0 Å². The fourth-order valence-corrected chi connectivity index (χ4v) is 1.18. The molecule has 0 unspecified atom stereocenters. The van der Waals surface area contributed by atoms with E-state index < -0.39 is 0 Å². The fraction of sp³-hybridized carbons (Fsp3) is 0. The Labute approximate surface area is 80.5 Å². The van der Waals surface area contributed by atoms with Crippen molar-refractivity contribution < 1.29 is 5.21 Å². The molecule has 0 aliphatic carbocycles. The quantitative estimate of drug-likeness (QED) is 0.193. The van der Waals surface area contributed by atoms with Gasteiger partial charge in [0.05, 0.1) is 6.21 Å². The highest BCUT2D eigenvalue weighted by atomic mass is 32.1. The Hall–Kier alpha value is -1.55. The molecule has 1 aromatic rings. The summed E-state index contributed by atoms with van der Waals surface area (Å²) in [5.41, 5.74) is 1.10. The minimum Gasteiger partial charge on any atom is -0.411 e. The Morgan fingerprint density at radius 3 is 2.62 bits per heavy atom. The van der Waals surface area contributed by atoms with Gasteiger partial charge in [0.25, 0.3) is 0 Å². The molecule has 13 heavy (non-hydrogen) atoms. The SMILES string of the molecule is ON=CC=N[S+]=Cc1ccccc1. The van der Waals surface area contributed by atoms with Crippen molar-refractivity contribution in [3.63, 3.8) is 0 Å². The van der Waals surface area contributed by atoms with E-state index in [1.807, 2.05) is 35.7 Å². The lowest BCUT2D eigenvalue weighted by Crippen LogP contribution is -1.80. The molecule has 0 amide bonds. The molecule has 0 bridgehead atoms. The molecule has 0 atom stereocenters. The summed E-state index contributed by atoms with van der Waals surface area (Å²) >= 11 is 1.29. The second-order valence-corrected chi connectivity index (χ2v) is 2.81. The van der Waals surface area contributed by atoms with Crippen LogP contribution in [-0.2, 0) is 11.5 Å². The summed E-state index contributed by atoms with van der Waals surface area (Å²) in [5.74, 6) is 0. The second-order valence-electron chi connectivity index (χ2n) is 2.15. The summed E-state index contributed by atoms with van der Waals surface area (Å²) in [6.45, 7) is 0. The number of benzene rings is 1. The van der Waals surface area contributed by atoms with Gasteiger partial charge in [-0.05, 0) is 12.1 Å². The van der Waals surface area contributed by atoms with Crippen LogP contribution in [0.25, 0.3) is 0 Å². The van der Waals surface area contributed by atoms with Crippen LogP contribution in [0, 0.1) is 0 Å². The third-order valence-corrected chi connectivity index (χ3v) is 1.86.